The third-order valence-corrected chi connectivity index (χ3v) is 3.14. The van der Waals surface area contributed by atoms with Gasteiger partial charge in [-0.05, 0) is 18.9 Å². The van der Waals surface area contributed by atoms with Crippen LogP contribution in [0.3, 0.4) is 0 Å². The zero-order chi connectivity index (χ0) is 12.3. The van der Waals surface area contributed by atoms with Crippen molar-refractivity contribution in [3.8, 4) is 0 Å². The maximum absolute atomic E-state index is 6.12. The molecule has 90 valence electrons. The smallest absolute Gasteiger partial charge is 0.114 e. The number of epoxide rings is 1. The van der Waals surface area contributed by atoms with Crippen LogP contribution in [0.25, 0.3) is 0 Å². The summed E-state index contributed by atoms with van der Waals surface area (Å²) in [5.41, 5.74) is 3.10. The summed E-state index contributed by atoms with van der Waals surface area (Å²) in [5, 5.41) is 0. The van der Waals surface area contributed by atoms with Crippen LogP contribution < -0.4 is 5.46 Å². The monoisotopic (exact) mass is 230 g/mol. The first-order valence-corrected chi connectivity index (χ1v) is 6.30. The predicted octanol–water partition coefficient (Wildman–Crippen LogP) is 2.05. The fourth-order valence-corrected chi connectivity index (χ4v) is 1.96. The molecule has 0 bridgehead atoms. The minimum Gasteiger partial charge on any atom is -0.371 e. The van der Waals surface area contributed by atoms with Gasteiger partial charge in [0, 0.05) is 0 Å². The Morgan fingerprint density at radius 3 is 2.94 bits per heavy atom. The number of aryl methyl sites for hydroxylation is 1. The minimum absolute atomic E-state index is 0.101. The Balaban J connectivity index is 2.09. The van der Waals surface area contributed by atoms with Gasteiger partial charge in [-0.1, -0.05) is 42.6 Å². The van der Waals surface area contributed by atoms with E-state index >= 15 is 0 Å². The first-order chi connectivity index (χ1) is 8.22. The summed E-state index contributed by atoms with van der Waals surface area (Å²) in [6.45, 7) is 5.71. The van der Waals surface area contributed by atoms with Gasteiger partial charge < -0.3 is 9.47 Å². The summed E-state index contributed by atoms with van der Waals surface area (Å²) in [6, 6.07) is 6.14. The normalized spacial score (nSPS) is 20.2. The highest BCUT2D eigenvalue weighted by atomic mass is 16.6. The van der Waals surface area contributed by atoms with Crippen molar-refractivity contribution in [1.29, 1.82) is 0 Å². The SMILES string of the molecule is [B]c1c(C)cccc1[C@@H](CCC)OCC1CO1. The van der Waals surface area contributed by atoms with Crippen LogP contribution in [0.5, 0.6) is 0 Å². The molecule has 2 radical (unpaired) electrons. The highest BCUT2D eigenvalue weighted by Gasteiger charge is 2.25. The average molecular weight is 230 g/mol. The fourth-order valence-electron chi connectivity index (χ4n) is 1.96. The molecule has 0 N–H and O–H groups in total. The van der Waals surface area contributed by atoms with Crippen molar-refractivity contribution >= 4 is 13.3 Å². The van der Waals surface area contributed by atoms with Gasteiger partial charge in [0.05, 0.1) is 19.3 Å². The van der Waals surface area contributed by atoms with Crippen LogP contribution in [0.1, 0.15) is 37.0 Å². The maximum atomic E-state index is 6.12. The Morgan fingerprint density at radius 2 is 2.29 bits per heavy atom. The Kier molecular flexibility index (Phi) is 4.24. The standard InChI is InChI=1S/C14H19BO2/c1-3-5-13(17-9-11-8-16-11)12-7-4-6-10(2)14(12)15/h4,6-7,11,13H,3,5,8-9H2,1-2H3/t11?,13-/m1/s1. The molecule has 1 aliphatic heterocycles. The first kappa shape index (κ1) is 12.7. The topological polar surface area (TPSA) is 21.8 Å². The van der Waals surface area contributed by atoms with Crippen molar-refractivity contribution in [2.45, 2.75) is 38.9 Å². The largest absolute Gasteiger partial charge is 0.371 e. The molecule has 3 heteroatoms. The Hall–Kier alpha value is -0.795. The van der Waals surface area contributed by atoms with Crippen molar-refractivity contribution in [3.05, 3.63) is 29.3 Å². The zero-order valence-corrected chi connectivity index (χ0v) is 10.6. The first-order valence-electron chi connectivity index (χ1n) is 6.30. The average Bonchev–Trinajstić information content (AvgIpc) is 3.12. The molecule has 2 nitrogen and oxygen atoms in total. The molecule has 1 fully saturated rings. The van der Waals surface area contributed by atoms with E-state index in [1.54, 1.807) is 0 Å². The van der Waals surface area contributed by atoms with E-state index in [1.807, 2.05) is 19.1 Å². The van der Waals surface area contributed by atoms with Crippen molar-refractivity contribution in [2.75, 3.05) is 13.2 Å². The molecule has 1 unspecified atom stereocenters. The number of rotatable bonds is 6. The van der Waals surface area contributed by atoms with E-state index in [9.17, 15) is 0 Å². The van der Waals surface area contributed by atoms with Gasteiger partial charge in [-0.2, -0.15) is 0 Å². The lowest BCUT2D eigenvalue weighted by molar-refractivity contribution is 0.0365. The third kappa shape index (κ3) is 3.33. The van der Waals surface area contributed by atoms with E-state index in [0.29, 0.717) is 12.7 Å². The van der Waals surface area contributed by atoms with Gasteiger partial charge in [0.2, 0.25) is 0 Å². The van der Waals surface area contributed by atoms with Gasteiger partial charge in [0.15, 0.2) is 0 Å². The molecule has 0 spiro atoms. The highest BCUT2D eigenvalue weighted by Crippen LogP contribution is 2.23. The van der Waals surface area contributed by atoms with Gasteiger partial charge in [-0.15, -0.1) is 0 Å². The van der Waals surface area contributed by atoms with Crippen LogP contribution in [-0.4, -0.2) is 27.2 Å². The lowest BCUT2D eigenvalue weighted by Crippen LogP contribution is -2.20. The van der Waals surface area contributed by atoms with Crippen LogP contribution in [0.15, 0.2) is 18.2 Å². The van der Waals surface area contributed by atoms with Crippen LogP contribution >= 0.6 is 0 Å². The summed E-state index contributed by atoms with van der Waals surface area (Å²) in [6.07, 6.45) is 2.49. The van der Waals surface area contributed by atoms with E-state index in [1.165, 1.54) is 0 Å². The molecular weight excluding hydrogens is 211 g/mol. The second kappa shape index (κ2) is 5.70. The van der Waals surface area contributed by atoms with E-state index in [4.69, 9.17) is 17.3 Å². The Bertz CT molecular complexity index is 374. The summed E-state index contributed by atoms with van der Waals surface area (Å²) in [4.78, 5) is 0. The van der Waals surface area contributed by atoms with E-state index in [-0.39, 0.29) is 6.10 Å². The lowest BCUT2D eigenvalue weighted by atomic mass is 9.83. The molecule has 0 amide bonds. The van der Waals surface area contributed by atoms with Gasteiger partial charge in [-0.25, -0.2) is 0 Å². The van der Waals surface area contributed by atoms with Crippen LogP contribution in [0.4, 0.5) is 0 Å². The van der Waals surface area contributed by atoms with E-state index in [2.05, 4.69) is 13.0 Å². The van der Waals surface area contributed by atoms with Crippen molar-refractivity contribution in [3.63, 3.8) is 0 Å². The van der Waals surface area contributed by atoms with Gasteiger partial charge in [0.1, 0.15) is 14.0 Å². The molecule has 2 atom stereocenters. The molecule has 2 rings (SSSR count). The molecule has 1 aromatic carbocycles. The summed E-state index contributed by atoms with van der Waals surface area (Å²) >= 11 is 0. The van der Waals surface area contributed by atoms with E-state index < -0.39 is 0 Å². The fraction of sp³-hybridized carbons (Fsp3) is 0.571. The van der Waals surface area contributed by atoms with Crippen molar-refractivity contribution < 1.29 is 9.47 Å². The van der Waals surface area contributed by atoms with Crippen LogP contribution in [0.2, 0.25) is 0 Å². The zero-order valence-electron chi connectivity index (χ0n) is 10.6. The van der Waals surface area contributed by atoms with Crippen molar-refractivity contribution in [2.24, 2.45) is 0 Å². The Morgan fingerprint density at radius 1 is 1.53 bits per heavy atom. The van der Waals surface area contributed by atoms with E-state index in [0.717, 1.165) is 36.0 Å². The molecule has 0 aromatic heterocycles. The predicted molar refractivity (Wildman–Crippen MR) is 69.9 cm³/mol. The summed E-state index contributed by atoms with van der Waals surface area (Å²) in [7, 11) is 6.12. The number of hydrogen-bond acceptors (Lipinski definition) is 2. The van der Waals surface area contributed by atoms with Gasteiger partial charge in [-0.3, -0.25) is 0 Å². The molecule has 1 heterocycles. The summed E-state index contributed by atoms with van der Waals surface area (Å²) in [5.74, 6) is 0. The second-order valence-corrected chi connectivity index (χ2v) is 4.64. The highest BCUT2D eigenvalue weighted by molar-refractivity contribution is 6.34. The van der Waals surface area contributed by atoms with Gasteiger partial charge >= 0.3 is 0 Å². The molecule has 0 saturated carbocycles. The van der Waals surface area contributed by atoms with Crippen LogP contribution in [0, 0.1) is 6.92 Å². The lowest BCUT2D eigenvalue weighted by Gasteiger charge is -2.20. The quantitative estimate of drug-likeness (QED) is 0.551. The molecule has 1 aliphatic rings. The van der Waals surface area contributed by atoms with Crippen LogP contribution in [-0.2, 0) is 9.47 Å². The summed E-state index contributed by atoms with van der Waals surface area (Å²) < 4.78 is 11.1. The molecule has 1 saturated heterocycles. The van der Waals surface area contributed by atoms with Crippen molar-refractivity contribution in [1.82, 2.24) is 0 Å². The number of ether oxygens (including phenoxy) is 2. The minimum atomic E-state index is 0.101. The molecular formula is C14H19BO2. The number of hydrogen-bond donors (Lipinski definition) is 0. The van der Waals surface area contributed by atoms with Gasteiger partial charge in [0.25, 0.3) is 0 Å². The maximum Gasteiger partial charge on any atom is 0.114 e. The Labute approximate surface area is 105 Å². The third-order valence-electron chi connectivity index (χ3n) is 3.14. The second-order valence-electron chi connectivity index (χ2n) is 4.64. The molecule has 1 aromatic rings. The number of benzene rings is 1. The molecule has 17 heavy (non-hydrogen) atoms. The molecule has 0 aliphatic carbocycles.